The van der Waals surface area contributed by atoms with Gasteiger partial charge in [-0.1, -0.05) is 49.7 Å². The topological polar surface area (TPSA) is 76.0 Å². The van der Waals surface area contributed by atoms with Crippen molar-refractivity contribution >= 4 is 29.2 Å². The van der Waals surface area contributed by atoms with Gasteiger partial charge in [0.05, 0.1) is 11.4 Å². The Kier molecular flexibility index (Phi) is 6.34. The van der Waals surface area contributed by atoms with Gasteiger partial charge in [0.15, 0.2) is 0 Å². The van der Waals surface area contributed by atoms with Crippen LogP contribution in [-0.4, -0.2) is 27.6 Å². The molecule has 2 N–H and O–H groups in total. The summed E-state index contributed by atoms with van der Waals surface area (Å²) in [7, 11) is 0. The molecule has 0 fully saturated rings. The van der Waals surface area contributed by atoms with Crippen LogP contribution in [0.15, 0.2) is 60.7 Å². The molecule has 0 aliphatic carbocycles. The van der Waals surface area contributed by atoms with Crippen molar-refractivity contribution in [2.24, 2.45) is 5.92 Å². The Morgan fingerprint density at radius 2 is 1.76 bits per heavy atom. The van der Waals surface area contributed by atoms with E-state index in [4.69, 9.17) is 11.6 Å². The molecule has 7 heteroatoms. The Hall–Kier alpha value is -3.12. The van der Waals surface area contributed by atoms with Gasteiger partial charge >= 0.3 is 0 Å². The molecule has 0 unspecified atom stereocenters. The molecule has 0 spiro atoms. The molecule has 3 rings (SSSR count). The zero-order chi connectivity index (χ0) is 21.0. The third-order valence-electron chi connectivity index (χ3n) is 4.41. The molecule has 0 radical (unpaired) electrons. The Labute approximate surface area is 174 Å². The highest BCUT2D eigenvalue weighted by Crippen LogP contribution is 2.21. The quantitative estimate of drug-likeness (QED) is 0.638. The molecule has 1 heterocycles. The molecular weight excluding hydrogens is 388 g/mol. The van der Waals surface area contributed by atoms with Crippen molar-refractivity contribution in [2.45, 2.75) is 26.8 Å². The molecule has 0 saturated carbocycles. The summed E-state index contributed by atoms with van der Waals surface area (Å²) in [5, 5.41) is 10.7. The molecule has 1 atom stereocenters. The summed E-state index contributed by atoms with van der Waals surface area (Å²) in [6.07, 6.45) is 0. The van der Waals surface area contributed by atoms with E-state index in [-0.39, 0.29) is 17.7 Å². The zero-order valence-corrected chi connectivity index (χ0v) is 17.3. The van der Waals surface area contributed by atoms with Gasteiger partial charge in [-0.3, -0.25) is 9.59 Å². The fraction of sp³-hybridized carbons (Fsp3) is 0.227. The van der Waals surface area contributed by atoms with Gasteiger partial charge in [-0.25, -0.2) is 4.68 Å². The summed E-state index contributed by atoms with van der Waals surface area (Å²) in [6, 6.07) is 17.1. The van der Waals surface area contributed by atoms with Crippen molar-refractivity contribution in [3.63, 3.8) is 0 Å². The Balaban J connectivity index is 1.81. The fourth-order valence-electron chi connectivity index (χ4n) is 2.95. The molecule has 3 aromatic rings. The van der Waals surface area contributed by atoms with Crippen LogP contribution >= 0.6 is 11.6 Å². The first-order valence-electron chi connectivity index (χ1n) is 9.34. The first kappa shape index (κ1) is 20.6. The molecule has 0 saturated heterocycles. The van der Waals surface area contributed by atoms with E-state index in [0.717, 1.165) is 11.4 Å². The fourth-order valence-corrected chi connectivity index (χ4v) is 3.13. The summed E-state index contributed by atoms with van der Waals surface area (Å²) in [4.78, 5) is 25.5. The van der Waals surface area contributed by atoms with Crippen molar-refractivity contribution in [1.82, 2.24) is 15.1 Å². The van der Waals surface area contributed by atoms with Crippen molar-refractivity contribution in [3.05, 3.63) is 76.9 Å². The van der Waals surface area contributed by atoms with E-state index < -0.39 is 6.04 Å². The number of anilines is 1. The van der Waals surface area contributed by atoms with Crippen molar-refractivity contribution in [1.29, 1.82) is 0 Å². The number of amides is 2. The van der Waals surface area contributed by atoms with Crippen LogP contribution in [0.3, 0.4) is 0 Å². The number of aromatic nitrogens is 2. The highest BCUT2D eigenvalue weighted by Gasteiger charge is 2.26. The van der Waals surface area contributed by atoms with Crippen LogP contribution in [0.25, 0.3) is 5.69 Å². The summed E-state index contributed by atoms with van der Waals surface area (Å²) in [6.45, 7) is 5.61. The number of nitrogens with zero attached hydrogens (tertiary/aromatic N) is 2. The average molecular weight is 411 g/mol. The molecule has 0 aliphatic rings. The normalized spacial score (nSPS) is 11.9. The molecule has 0 aliphatic heterocycles. The van der Waals surface area contributed by atoms with Crippen LogP contribution in [0.5, 0.6) is 0 Å². The third kappa shape index (κ3) is 5.03. The van der Waals surface area contributed by atoms with Gasteiger partial charge in [0.25, 0.3) is 5.91 Å². The van der Waals surface area contributed by atoms with Gasteiger partial charge in [-0.15, -0.1) is 0 Å². The number of carbonyl (C=O) groups excluding carboxylic acids is 2. The predicted octanol–water partition coefficient (Wildman–Crippen LogP) is 4.23. The Morgan fingerprint density at radius 1 is 1.03 bits per heavy atom. The number of benzene rings is 2. The average Bonchev–Trinajstić information content (AvgIpc) is 3.06. The van der Waals surface area contributed by atoms with Crippen molar-refractivity contribution in [2.75, 3.05) is 5.32 Å². The minimum atomic E-state index is -0.703. The number of carbonyl (C=O) groups is 2. The number of hydrogen-bond acceptors (Lipinski definition) is 3. The molecule has 150 valence electrons. The highest BCUT2D eigenvalue weighted by atomic mass is 35.5. The lowest BCUT2D eigenvalue weighted by molar-refractivity contribution is -0.118. The third-order valence-corrected chi connectivity index (χ3v) is 4.64. The van der Waals surface area contributed by atoms with E-state index in [9.17, 15) is 9.59 Å². The van der Waals surface area contributed by atoms with Gasteiger partial charge in [-0.2, -0.15) is 5.10 Å². The second-order valence-electron chi connectivity index (χ2n) is 7.11. The summed E-state index contributed by atoms with van der Waals surface area (Å²) in [5.41, 5.74) is 1.98. The van der Waals surface area contributed by atoms with E-state index in [1.807, 2.05) is 39.0 Å². The lowest BCUT2D eigenvalue weighted by Gasteiger charge is -2.22. The van der Waals surface area contributed by atoms with E-state index in [1.54, 1.807) is 47.1 Å². The van der Waals surface area contributed by atoms with Crippen molar-refractivity contribution in [3.8, 4) is 5.69 Å². The maximum Gasteiger partial charge on any atom is 0.251 e. The number of rotatable bonds is 6. The van der Waals surface area contributed by atoms with Crippen LogP contribution in [0.2, 0.25) is 5.02 Å². The number of hydrogen-bond donors (Lipinski definition) is 2. The van der Waals surface area contributed by atoms with Crippen LogP contribution < -0.4 is 10.6 Å². The standard InChI is InChI=1S/C22H23ClN4O2/c1-14(2)20(25-21(28)16-8-5-4-6-9-16)22(29)24-19-12-15(3)26-27(19)18-11-7-10-17(23)13-18/h4-14,20H,1-3H3,(H,24,29)(H,25,28)/t20-/m0/s1. The van der Waals surface area contributed by atoms with Gasteiger partial charge < -0.3 is 10.6 Å². The summed E-state index contributed by atoms with van der Waals surface area (Å²) < 4.78 is 1.62. The van der Waals surface area contributed by atoms with Gasteiger partial charge in [0, 0.05) is 16.7 Å². The summed E-state index contributed by atoms with van der Waals surface area (Å²) in [5.74, 6) is -0.202. The Morgan fingerprint density at radius 3 is 2.41 bits per heavy atom. The van der Waals surface area contributed by atoms with E-state index >= 15 is 0 Å². The monoisotopic (exact) mass is 410 g/mol. The minimum Gasteiger partial charge on any atom is -0.340 e. The van der Waals surface area contributed by atoms with E-state index in [2.05, 4.69) is 15.7 Å². The minimum absolute atomic E-state index is 0.105. The second-order valence-corrected chi connectivity index (χ2v) is 7.55. The summed E-state index contributed by atoms with van der Waals surface area (Å²) >= 11 is 6.09. The van der Waals surface area contributed by atoms with Crippen LogP contribution in [0, 0.1) is 12.8 Å². The van der Waals surface area contributed by atoms with E-state index in [1.165, 1.54) is 0 Å². The number of nitrogens with one attached hydrogen (secondary N) is 2. The maximum atomic E-state index is 13.0. The lowest BCUT2D eigenvalue weighted by Crippen LogP contribution is -2.47. The molecule has 2 amide bonds. The van der Waals surface area contributed by atoms with Crippen LogP contribution in [0.1, 0.15) is 29.9 Å². The first-order chi connectivity index (χ1) is 13.8. The van der Waals surface area contributed by atoms with Gasteiger partial charge in [0.2, 0.25) is 5.91 Å². The second kappa shape index (κ2) is 8.92. The van der Waals surface area contributed by atoms with Crippen LogP contribution in [0.4, 0.5) is 5.82 Å². The molecule has 2 aromatic carbocycles. The van der Waals surface area contributed by atoms with Gasteiger partial charge in [-0.05, 0) is 43.2 Å². The molecule has 6 nitrogen and oxygen atoms in total. The molecule has 0 bridgehead atoms. The molecular formula is C22H23ClN4O2. The van der Waals surface area contributed by atoms with Crippen molar-refractivity contribution < 1.29 is 9.59 Å². The molecule has 29 heavy (non-hydrogen) atoms. The lowest BCUT2D eigenvalue weighted by atomic mass is 10.0. The van der Waals surface area contributed by atoms with Crippen LogP contribution in [-0.2, 0) is 4.79 Å². The molecule has 1 aromatic heterocycles. The Bertz CT molecular complexity index is 1010. The smallest absolute Gasteiger partial charge is 0.251 e. The first-order valence-corrected chi connectivity index (χ1v) is 9.72. The number of aryl methyl sites for hydroxylation is 1. The predicted molar refractivity (Wildman–Crippen MR) is 114 cm³/mol. The van der Waals surface area contributed by atoms with E-state index in [0.29, 0.717) is 16.4 Å². The highest BCUT2D eigenvalue weighted by molar-refractivity contribution is 6.30. The van der Waals surface area contributed by atoms with Gasteiger partial charge in [0.1, 0.15) is 11.9 Å². The largest absolute Gasteiger partial charge is 0.340 e. The SMILES string of the molecule is Cc1cc(NC(=O)[C@@H](NC(=O)c2ccccc2)C(C)C)n(-c2cccc(Cl)c2)n1. The maximum absolute atomic E-state index is 13.0. The number of halogens is 1. The zero-order valence-electron chi connectivity index (χ0n) is 16.5.